The van der Waals surface area contributed by atoms with Crippen LogP contribution in [-0.4, -0.2) is 16.5 Å². The second kappa shape index (κ2) is 6.20. The van der Waals surface area contributed by atoms with Crippen LogP contribution in [0.1, 0.15) is 31.5 Å². The van der Waals surface area contributed by atoms with Gasteiger partial charge in [0.15, 0.2) is 0 Å². The molecule has 0 aliphatic heterocycles. The minimum Gasteiger partial charge on any atom is -0.370 e. The topological polar surface area (TPSA) is 49.8 Å². The summed E-state index contributed by atoms with van der Waals surface area (Å²) in [6, 6.07) is 7.67. The standard InChI is InChI=1S/C15H16BrClN4/c1-2-18-13-8-14(21-15(20-13)9-3-4-9)19-10-5-6-11(16)12(17)7-10/h5-9H,2-4H2,1H3,(H2,18,19,20,21). The van der Waals surface area contributed by atoms with Gasteiger partial charge < -0.3 is 10.6 Å². The maximum Gasteiger partial charge on any atom is 0.136 e. The fourth-order valence-corrected chi connectivity index (χ4v) is 2.47. The van der Waals surface area contributed by atoms with E-state index in [1.54, 1.807) is 0 Å². The normalized spacial score (nSPS) is 14.0. The Labute approximate surface area is 137 Å². The molecule has 2 aromatic rings. The molecule has 1 heterocycles. The molecule has 1 aliphatic carbocycles. The molecule has 2 N–H and O–H groups in total. The van der Waals surface area contributed by atoms with Crippen molar-refractivity contribution in [3.05, 3.63) is 39.6 Å². The first kappa shape index (κ1) is 14.6. The van der Waals surface area contributed by atoms with E-state index in [1.165, 1.54) is 12.8 Å². The van der Waals surface area contributed by atoms with Crippen molar-refractivity contribution < 1.29 is 0 Å². The predicted octanol–water partition coefficient (Wildman–Crippen LogP) is 4.95. The van der Waals surface area contributed by atoms with Gasteiger partial charge in [-0.3, -0.25) is 0 Å². The molecule has 0 bridgehead atoms. The molecule has 0 unspecified atom stereocenters. The Morgan fingerprint density at radius 1 is 1.24 bits per heavy atom. The van der Waals surface area contributed by atoms with Crippen LogP contribution in [0.15, 0.2) is 28.7 Å². The highest BCUT2D eigenvalue weighted by Crippen LogP contribution is 2.39. The van der Waals surface area contributed by atoms with Gasteiger partial charge in [-0.1, -0.05) is 11.6 Å². The van der Waals surface area contributed by atoms with Crippen LogP contribution in [-0.2, 0) is 0 Å². The molecule has 1 saturated carbocycles. The molecule has 0 saturated heterocycles. The Kier molecular flexibility index (Phi) is 4.31. The molecule has 6 heteroatoms. The van der Waals surface area contributed by atoms with Crippen molar-refractivity contribution in [3.63, 3.8) is 0 Å². The van der Waals surface area contributed by atoms with Crippen LogP contribution in [0.3, 0.4) is 0 Å². The zero-order valence-electron chi connectivity index (χ0n) is 11.7. The quantitative estimate of drug-likeness (QED) is 0.785. The van der Waals surface area contributed by atoms with Crippen LogP contribution in [0.25, 0.3) is 0 Å². The summed E-state index contributed by atoms with van der Waals surface area (Å²) in [7, 11) is 0. The molecule has 3 rings (SSSR count). The summed E-state index contributed by atoms with van der Waals surface area (Å²) in [6.45, 7) is 2.89. The lowest BCUT2D eigenvalue weighted by Crippen LogP contribution is -2.05. The first-order chi connectivity index (χ1) is 10.2. The largest absolute Gasteiger partial charge is 0.370 e. The molecular formula is C15H16BrClN4. The van der Waals surface area contributed by atoms with Gasteiger partial charge in [-0.2, -0.15) is 0 Å². The zero-order chi connectivity index (χ0) is 14.8. The highest BCUT2D eigenvalue weighted by atomic mass is 79.9. The van der Waals surface area contributed by atoms with Gasteiger partial charge in [0.25, 0.3) is 0 Å². The summed E-state index contributed by atoms with van der Waals surface area (Å²) in [6.07, 6.45) is 2.36. The second-order valence-corrected chi connectivity index (χ2v) is 6.32. The number of rotatable bonds is 5. The number of nitrogens with zero attached hydrogens (tertiary/aromatic N) is 2. The van der Waals surface area contributed by atoms with E-state index in [2.05, 4.69) is 43.5 Å². The van der Waals surface area contributed by atoms with Crippen LogP contribution >= 0.6 is 27.5 Å². The number of halogens is 2. The highest BCUT2D eigenvalue weighted by Gasteiger charge is 2.27. The number of aromatic nitrogens is 2. The molecule has 0 spiro atoms. The molecule has 1 fully saturated rings. The molecule has 110 valence electrons. The smallest absolute Gasteiger partial charge is 0.136 e. The van der Waals surface area contributed by atoms with Gasteiger partial charge in [-0.25, -0.2) is 9.97 Å². The summed E-state index contributed by atoms with van der Waals surface area (Å²) >= 11 is 9.51. The SMILES string of the molecule is CCNc1cc(Nc2ccc(Br)c(Cl)c2)nc(C2CC2)n1. The number of nitrogens with one attached hydrogen (secondary N) is 2. The second-order valence-electron chi connectivity index (χ2n) is 5.06. The first-order valence-electron chi connectivity index (χ1n) is 7.00. The Morgan fingerprint density at radius 2 is 2.00 bits per heavy atom. The van der Waals surface area contributed by atoms with Gasteiger partial charge in [-0.15, -0.1) is 0 Å². The Hall–Kier alpha value is -1.33. The molecule has 1 aromatic heterocycles. The predicted molar refractivity (Wildman–Crippen MR) is 90.6 cm³/mol. The van der Waals surface area contributed by atoms with Crippen LogP contribution in [0, 0.1) is 0 Å². The lowest BCUT2D eigenvalue weighted by Gasteiger charge is -2.11. The van der Waals surface area contributed by atoms with Gasteiger partial charge in [0.2, 0.25) is 0 Å². The molecule has 0 atom stereocenters. The van der Waals surface area contributed by atoms with Gasteiger partial charge in [-0.05, 0) is 53.9 Å². The van der Waals surface area contributed by atoms with Crippen molar-refractivity contribution in [2.24, 2.45) is 0 Å². The fraction of sp³-hybridized carbons (Fsp3) is 0.333. The molecule has 4 nitrogen and oxygen atoms in total. The minimum atomic E-state index is 0.512. The van der Waals surface area contributed by atoms with E-state index < -0.39 is 0 Å². The van der Waals surface area contributed by atoms with E-state index >= 15 is 0 Å². The monoisotopic (exact) mass is 366 g/mol. The van der Waals surface area contributed by atoms with Crippen molar-refractivity contribution >= 4 is 44.9 Å². The van der Waals surface area contributed by atoms with Crippen LogP contribution in [0.4, 0.5) is 17.3 Å². The van der Waals surface area contributed by atoms with Crippen molar-refractivity contribution in [2.45, 2.75) is 25.7 Å². The summed E-state index contributed by atoms with van der Waals surface area (Å²) in [5.74, 6) is 3.08. The summed E-state index contributed by atoms with van der Waals surface area (Å²) in [5.41, 5.74) is 0.908. The zero-order valence-corrected chi connectivity index (χ0v) is 14.0. The minimum absolute atomic E-state index is 0.512. The summed E-state index contributed by atoms with van der Waals surface area (Å²) < 4.78 is 0.879. The molecule has 21 heavy (non-hydrogen) atoms. The molecule has 1 aromatic carbocycles. The van der Waals surface area contributed by atoms with Gasteiger partial charge in [0.1, 0.15) is 17.5 Å². The van der Waals surface area contributed by atoms with Crippen molar-refractivity contribution in [3.8, 4) is 0 Å². The van der Waals surface area contributed by atoms with Crippen molar-refractivity contribution in [1.82, 2.24) is 9.97 Å². The maximum atomic E-state index is 6.12. The maximum absolute atomic E-state index is 6.12. The molecule has 0 amide bonds. The number of hydrogen-bond donors (Lipinski definition) is 2. The fourth-order valence-electron chi connectivity index (χ4n) is 2.05. The average Bonchev–Trinajstić information content (AvgIpc) is 3.28. The van der Waals surface area contributed by atoms with E-state index in [9.17, 15) is 0 Å². The first-order valence-corrected chi connectivity index (χ1v) is 8.17. The molecule has 0 radical (unpaired) electrons. The van der Waals surface area contributed by atoms with E-state index in [-0.39, 0.29) is 0 Å². The van der Waals surface area contributed by atoms with Crippen LogP contribution in [0.5, 0.6) is 0 Å². The molecule has 1 aliphatic rings. The third-order valence-corrected chi connectivity index (χ3v) is 4.47. The lowest BCUT2D eigenvalue weighted by molar-refractivity contribution is 0.927. The third kappa shape index (κ3) is 3.66. The van der Waals surface area contributed by atoms with Crippen molar-refractivity contribution in [1.29, 1.82) is 0 Å². The summed E-state index contributed by atoms with van der Waals surface area (Å²) in [4.78, 5) is 9.17. The Balaban J connectivity index is 1.87. The average molecular weight is 368 g/mol. The van der Waals surface area contributed by atoms with Gasteiger partial charge in [0, 0.05) is 28.7 Å². The van der Waals surface area contributed by atoms with E-state index in [0.717, 1.165) is 34.2 Å². The summed E-state index contributed by atoms with van der Waals surface area (Å²) in [5, 5.41) is 7.22. The van der Waals surface area contributed by atoms with Crippen molar-refractivity contribution in [2.75, 3.05) is 17.2 Å². The third-order valence-electron chi connectivity index (χ3n) is 3.24. The van der Waals surface area contributed by atoms with Gasteiger partial charge >= 0.3 is 0 Å². The number of benzene rings is 1. The highest BCUT2D eigenvalue weighted by molar-refractivity contribution is 9.10. The number of anilines is 3. The van der Waals surface area contributed by atoms with E-state index in [0.29, 0.717) is 10.9 Å². The van der Waals surface area contributed by atoms with E-state index in [4.69, 9.17) is 11.6 Å². The lowest BCUT2D eigenvalue weighted by atomic mass is 10.3. The van der Waals surface area contributed by atoms with Crippen LogP contribution < -0.4 is 10.6 Å². The Morgan fingerprint density at radius 3 is 2.67 bits per heavy atom. The van der Waals surface area contributed by atoms with Crippen LogP contribution in [0.2, 0.25) is 5.02 Å². The molecular weight excluding hydrogens is 352 g/mol. The number of hydrogen-bond acceptors (Lipinski definition) is 4. The van der Waals surface area contributed by atoms with Gasteiger partial charge in [0.05, 0.1) is 5.02 Å². The Bertz CT molecular complexity index is 658. The van der Waals surface area contributed by atoms with E-state index in [1.807, 2.05) is 24.3 Å².